The topological polar surface area (TPSA) is 302 Å². The fourth-order valence-corrected chi connectivity index (χ4v) is 0.316. The number of rotatable bonds is 5. The standard InChI is InChI=1S/C4H10O2.C3H8O3.C2H8N2.4C2H4O2/c1-2-3-4(5)6;4-1-3(6)2-5;3-1-2-4;4*1-2(3)4/h4-6H,2-3H2,1H3;3-6H,1-2H2;1-4H2;4*1H3,(H,3,4). The van der Waals surface area contributed by atoms with Gasteiger partial charge in [0.25, 0.3) is 23.9 Å². The number of nitrogens with two attached hydrogens (primary N) is 2. The average Bonchev–Trinajstić information content (AvgIpc) is 2.59. The number of aliphatic hydroxyl groups is 5. The minimum Gasteiger partial charge on any atom is -0.481 e. The van der Waals surface area contributed by atoms with E-state index in [0.29, 0.717) is 19.5 Å². The third kappa shape index (κ3) is 623. The van der Waals surface area contributed by atoms with Crippen LogP contribution >= 0.6 is 0 Å². The van der Waals surface area contributed by atoms with Crippen LogP contribution in [-0.2, 0) is 19.2 Å². The Kier molecular flexibility index (Phi) is 69.2. The van der Waals surface area contributed by atoms with Gasteiger partial charge in [0.15, 0.2) is 6.29 Å². The number of aliphatic carboxylic acids is 4. The van der Waals surface area contributed by atoms with E-state index >= 15 is 0 Å². The molecule has 0 atom stereocenters. The van der Waals surface area contributed by atoms with E-state index < -0.39 is 36.3 Å². The molecule has 0 bridgehead atoms. The van der Waals surface area contributed by atoms with E-state index in [9.17, 15) is 0 Å². The van der Waals surface area contributed by atoms with Crippen molar-refractivity contribution in [3.63, 3.8) is 0 Å². The van der Waals surface area contributed by atoms with E-state index in [1.54, 1.807) is 0 Å². The molecule has 32 heavy (non-hydrogen) atoms. The van der Waals surface area contributed by atoms with E-state index in [0.717, 1.165) is 34.1 Å². The third-order valence-electron chi connectivity index (χ3n) is 1.14. The molecule has 0 unspecified atom stereocenters. The van der Waals surface area contributed by atoms with E-state index in [1.165, 1.54) is 0 Å². The highest BCUT2D eigenvalue weighted by Crippen LogP contribution is 1.88. The van der Waals surface area contributed by atoms with Gasteiger partial charge in [0.1, 0.15) is 6.10 Å². The zero-order chi connectivity index (χ0) is 27.7. The second-order valence-corrected chi connectivity index (χ2v) is 4.94. The van der Waals surface area contributed by atoms with E-state index in [-0.39, 0.29) is 13.2 Å². The molecular weight excluding hydrogens is 440 g/mol. The van der Waals surface area contributed by atoms with Crippen molar-refractivity contribution in [2.75, 3.05) is 26.3 Å². The zero-order valence-electron chi connectivity index (χ0n) is 19.2. The van der Waals surface area contributed by atoms with Gasteiger partial charge in [0.2, 0.25) is 0 Å². The highest BCUT2D eigenvalue weighted by atomic mass is 16.5. The Morgan fingerprint density at radius 2 is 0.844 bits per heavy atom. The summed E-state index contributed by atoms with van der Waals surface area (Å²) in [5.41, 5.74) is 9.81. The molecule has 0 aromatic carbocycles. The van der Waals surface area contributed by atoms with E-state index in [1.807, 2.05) is 6.92 Å². The van der Waals surface area contributed by atoms with Crippen LogP contribution in [0.3, 0.4) is 0 Å². The van der Waals surface area contributed by atoms with E-state index in [2.05, 4.69) is 0 Å². The van der Waals surface area contributed by atoms with Crippen molar-refractivity contribution < 1.29 is 65.1 Å². The van der Waals surface area contributed by atoms with Crippen molar-refractivity contribution >= 4 is 23.9 Å². The summed E-state index contributed by atoms with van der Waals surface area (Å²) in [7, 11) is 0. The summed E-state index contributed by atoms with van der Waals surface area (Å²) in [6.07, 6.45) is -0.738. The van der Waals surface area contributed by atoms with Crippen molar-refractivity contribution in [2.24, 2.45) is 11.5 Å². The van der Waals surface area contributed by atoms with Crippen LogP contribution in [0.1, 0.15) is 47.5 Å². The molecule has 15 heteroatoms. The maximum Gasteiger partial charge on any atom is 0.300 e. The first-order valence-corrected chi connectivity index (χ1v) is 8.87. The molecule has 0 radical (unpaired) electrons. The van der Waals surface area contributed by atoms with Crippen LogP contribution in [0.2, 0.25) is 0 Å². The fourth-order valence-electron chi connectivity index (χ4n) is 0.316. The number of aliphatic hydroxyl groups excluding tert-OH is 4. The summed E-state index contributed by atoms with van der Waals surface area (Å²) >= 11 is 0. The predicted molar refractivity (Wildman–Crippen MR) is 115 cm³/mol. The van der Waals surface area contributed by atoms with Gasteiger partial charge in [-0.25, -0.2) is 0 Å². The normalized spacial score (nSPS) is 7.81. The molecule has 0 aliphatic heterocycles. The molecule has 0 saturated carbocycles. The second-order valence-electron chi connectivity index (χ2n) is 4.94. The van der Waals surface area contributed by atoms with Crippen LogP contribution in [-0.4, -0.2) is 109 Å². The first-order valence-electron chi connectivity index (χ1n) is 8.87. The molecule has 0 aliphatic rings. The van der Waals surface area contributed by atoms with Crippen LogP contribution in [0.15, 0.2) is 0 Å². The van der Waals surface area contributed by atoms with Crippen molar-refractivity contribution in [3.8, 4) is 0 Å². The van der Waals surface area contributed by atoms with Gasteiger partial charge < -0.3 is 57.4 Å². The number of hydrogen-bond acceptors (Lipinski definition) is 11. The smallest absolute Gasteiger partial charge is 0.300 e. The molecule has 0 fully saturated rings. The molecule has 0 amide bonds. The molecule has 0 saturated heterocycles. The fraction of sp³-hybridized carbons (Fsp3) is 0.765. The minimum atomic E-state index is -1.10. The lowest BCUT2D eigenvalue weighted by Crippen LogP contribution is -2.15. The quantitative estimate of drug-likeness (QED) is 0.183. The van der Waals surface area contributed by atoms with Crippen LogP contribution in [0.5, 0.6) is 0 Å². The largest absolute Gasteiger partial charge is 0.481 e. The Balaban J connectivity index is -0.0000000460. The number of carbonyl (C=O) groups is 4. The minimum absolute atomic E-state index is 0.365. The summed E-state index contributed by atoms with van der Waals surface area (Å²) in [5, 5.41) is 69.9. The van der Waals surface area contributed by atoms with Gasteiger partial charge >= 0.3 is 0 Å². The molecule has 0 aromatic heterocycles. The molecule has 13 N–H and O–H groups in total. The average molecular weight is 483 g/mol. The molecule has 0 aliphatic carbocycles. The SMILES string of the molecule is CC(=O)O.CC(=O)O.CC(=O)O.CC(=O)O.CCCC(O)O.NCCN.OCC(O)CO. The Bertz CT molecular complexity index is 325. The Morgan fingerprint density at radius 3 is 0.844 bits per heavy atom. The van der Waals surface area contributed by atoms with Gasteiger partial charge in [-0.2, -0.15) is 0 Å². The number of carboxylic acids is 4. The summed E-state index contributed by atoms with van der Waals surface area (Å²) in [6.45, 7) is 6.70. The maximum atomic E-state index is 9.00. The second kappa shape index (κ2) is 46.7. The van der Waals surface area contributed by atoms with Crippen LogP contribution in [0.25, 0.3) is 0 Å². The zero-order valence-corrected chi connectivity index (χ0v) is 19.2. The third-order valence-corrected chi connectivity index (χ3v) is 1.14. The summed E-state index contributed by atoms with van der Waals surface area (Å²) in [6, 6.07) is 0. The number of carboxylic acid groups (broad SMARTS) is 4. The van der Waals surface area contributed by atoms with Crippen molar-refractivity contribution in [3.05, 3.63) is 0 Å². The van der Waals surface area contributed by atoms with Crippen LogP contribution in [0, 0.1) is 0 Å². The molecule has 0 heterocycles. The lowest BCUT2D eigenvalue weighted by molar-refractivity contribution is -0.135. The highest BCUT2D eigenvalue weighted by Gasteiger charge is 1.93. The van der Waals surface area contributed by atoms with Gasteiger partial charge in [-0.3, -0.25) is 19.2 Å². The van der Waals surface area contributed by atoms with Crippen molar-refractivity contribution in [2.45, 2.75) is 59.9 Å². The molecular formula is C17H42N2O13. The lowest BCUT2D eigenvalue weighted by atomic mass is 10.3. The summed E-state index contributed by atoms with van der Waals surface area (Å²) in [4.78, 5) is 36.0. The first-order chi connectivity index (χ1) is 14.4. The molecule has 198 valence electrons. The Hall–Kier alpha value is -2.40. The predicted octanol–water partition coefficient (Wildman–Crippen LogP) is -2.30. The van der Waals surface area contributed by atoms with Gasteiger partial charge in [-0.1, -0.05) is 13.3 Å². The van der Waals surface area contributed by atoms with Gasteiger partial charge in [-0.15, -0.1) is 0 Å². The molecule has 0 rings (SSSR count). The molecule has 15 nitrogen and oxygen atoms in total. The number of hydrogen-bond donors (Lipinski definition) is 11. The van der Waals surface area contributed by atoms with Gasteiger partial charge in [0, 0.05) is 40.8 Å². The maximum absolute atomic E-state index is 9.00. The van der Waals surface area contributed by atoms with Crippen molar-refractivity contribution in [1.29, 1.82) is 0 Å². The van der Waals surface area contributed by atoms with Gasteiger partial charge in [0.05, 0.1) is 13.2 Å². The lowest BCUT2D eigenvalue weighted by Gasteiger charge is -1.96. The monoisotopic (exact) mass is 482 g/mol. The highest BCUT2D eigenvalue weighted by molar-refractivity contribution is 5.63. The van der Waals surface area contributed by atoms with Gasteiger partial charge in [-0.05, 0) is 6.42 Å². The Labute approximate surface area is 187 Å². The van der Waals surface area contributed by atoms with Crippen LogP contribution in [0.4, 0.5) is 0 Å². The first kappa shape index (κ1) is 47.4. The Morgan fingerprint density at radius 1 is 0.656 bits per heavy atom. The summed E-state index contributed by atoms with van der Waals surface area (Å²) < 4.78 is 0. The van der Waals surface area contributed by atoms with Crippen LogP contribution < -0.4 is 11.5 Å². The van der Waals surface area contributed by atoms with Crippen molar-refractivity contribution in [1.82, 2.24) is 0 Å². The van der Waals surface area contributed by atoms with E-state index in [4.69, 9.17) is 76.6 Å². The molecule has 0 spiro atoms. The molecule has 0 aromatic rings. The summed E-state index contributed by atoms with van der Waals surface area (Å²) in [5.74, 6) is -3.33.